The van der Waals surface area contributed by atoms with Crippen molar-refractivity contribution in [3.05, 3.63) is 0 Å². The fourth-order valence-electron chi connectivity index (χ4n) is 1.56. The van der Waals surface area contributed by atoms with Crippen LogP contribution < -0.4 is 5.73 Å². The van der Waals surface area contributed by atoms with E-state index in [4.69, 9.17) is 5.73 Å². The first-order valence-corrected chi connectivity index (χ1v) is 5.67. The Morgan fingerprint density at radius 1 is 1.27 bits per heavy atom. The monoisotopic (exact) mass is 214 g/mol. The number of nitrogens with zero attached hydrogens (tertiary/aromatic N) is 1. The number of primary amides is 1. The van der Waals surface area contributed by atoms with E-state index in [9.17, 15) is 9.59 Å². The summed E-state index contributed by atoms with van der Waals surface area (Å²) in [6.45, 7) is 6.36. The van der Waals surface area contributed by atoms with Gasteiger partial charge in [-0.25, -0.2) is 0 Å². The van der Waals surface area contributed by atoms with E-state index >= 15 is 0 Å². The molecule has 0 rings (SSSR count). The van der Waals surface area contributed by atoms with Crippen molar-refractivity contribution in [2.75, 3.05) is 6.54 Å². The minimum atomic E-state index is -0.441. The first-order valence-electron chi connectivity index (χ1n) is 5.67. The summed E-state index contributed by atoms with van der Waals surface area (Å²) in [5.74, 6) is -0.399. The zero-order valence-corrected chi connectivity index (χ0v) is 9.95. The third-order valence-corrected chi connectivity index (χ3v) is 2.47. The molecule has 0 radical (unpaired) electrons. The Kier molecular flexibility index (Phi) is 6.75. The van der Waals surface area contributed by atoms with Gasteiger partial charge in [-0.05, 0) is 12.8 Å². The van der Waals surface area contributed by atoms with Crippen LogP contribution in [-0.4, -0.2) is 29.3 Å². The molecule has 0 bridgehead atoms. The van der Waals surface area contributed by atoms with E-state index in [-0.39, 0.29) is 5.91 Å². The molecule has 0 aliphatic heterocycles. The van der Waals surface area contributed by atoms with Gasteiger partial charge in [-0.15, -0.1) is 0 Å². The summed E-state index contributed by atoms with van der Waals surface area (Å²) in [5.41, 5.74) is 5.28. The summed E-state index contributed by atoms with van der Waals surface area (Å²) >= 11 is 0. The second kappa shape index (κ2) is 7.26. The maximum atomic E-state index is 11.6. The SMILES string of the molecule is CCCCN(C(=O)CC)[C@@H](CC)C(N)=O. The molecule has 2 N–H and O–H groups in total. The third-order valence-electron chi connectivity index (χ3n) is 2.47. The molecule has 0 aromatic rings. The molecule has 0 heterocycles. The zero-order chi connectivity index (χ0) is 11.8. The van der Waals surface area contributed by atoms with E-state index in [0.29, 0.717) is 19.4 Å². The van der Waals surface area contributed by atoms with Gasteiger partial charge in [-0.2, -0.15) is 0 Å². The molecule has 2 amide bonds. The molecule has 0 unspecified atom stereocenters. The van der Waals surface area contributed by atoms with Gasteiger partial charge in [0.1, 0.15) is 6.04 Å². The molecule has 88 valence electrons. The number of amides is 2. The van der Waals surface area contributed by atoms with E-state index < -0.39 is 11.9 Å². The Morgan fingerprint density at radius 3 is 2.20 bits per heavy atom. The van der Waals surface area contributed by atoms with Crippen LogP contribution in [0.25, 0.3) is 0 Å². The van der Waals surface area contributed by atoms with Crippen LogP contribution in [0.1, 0.15) is 46.5 Å². The van der Waals surface area contributed by atoms with Gasteiger partial charge >= 0.3 is 0 Å². The summed E-state index contributed by atoms with van der Waals surface area (Å²) in [4.78, 5) is 24.4. The molecule has 0 aliphatic rings. The van der Waals surface area contributed by atoms with Gasteiger partial charge in [0.05, 0.1) is 0 Å². The van der Waals surface area contributed by atoms with Crippen molar-refractivity contribution in [2.45, 2.75) is 52.5 Å². The van der Waals surface area contributed by atoms with Crippen LogP contribution in [0, 0.1) is 0 Å². The van der Waals surface area contributed by atoms with Crippen LogP contribution in [-0.2, 0) is 9.59 Å². The second-order valence-corrected chi connectivity index (χ2v) is 3.62. The van der Waals surface area contributed by atoms with Crippen molar-refractivity contribution < 1.29 is 9.59 Å². The molecular weight excluding hydrogens is 192 g/mol. The van der Waals surface area contributed by atoms with Crippen LogP contribution >= 0.6 is 0 Å². The molecule has 0 spiro atoms. The van der Waals surface area contributed by atoms with E-state index in [2.05, 4.69) is 6.92 Å². The van der Waals surface area contributed by atoms with Gasteiger partial charge in [0.15, 0.2) is 0 Å². The predicted octanol–water partition coefficient (Wildman–Crippen LogP) is 1.29. The number of carbonyl (C=O) groups excluding carboxylic acids is 2. The smallest absolute Gasteiger partial charge is 0.240 e. The normalized spacial score (nSPS) is 12.2. The van der Waals surface area contributed by atoms with Gasteiger partial charge in [-0.1, -0.05) is 27.2 Å². The number of unbranched alkanes of at least 4 members (excludes halogenated alkanes) is 1. The van der Waals surface area contributed by atoms with E-state index in [1.807, 2.05) is 6.92 Å². The van der Waals surface area contributed by atoms with E-state index in [1.165, 1.54) is 0 Å². The van der Waals surface area contributed by atoms with Crippen LogP contribution in [0.5, 0.6) is 0 Å². The van der Waals surface area contributed by atoms with Crippen molar-refractivity contribution in [2.24, 2.45) is 5.73 Å². The predicted molar refractivity (Wildman–Crippen MR) is 60.2 cm³/mol. The van der Waals surface area contributed by atoms with Crippen molar-refractivity contribution in [3.8, 4) is 0 Å². The molecule has 0 saturated heterocycles. The molecule has 0 saturated carbocycles. The lowest BCUT2D eigenvalue weighted by atomic mass is 10.1. The minimum Gasteiger partial charge on any atom is -0.368 e. The van der Waals surface area contributed by atoms with Crippen LogP contribution in [0.15, 0.2) is 0 Å². The molecule has 0 aromatic heterocycles. The topological polar surface area (TPSA) is 63.4 Å². The van der Waals surface area contributed by atoms with E-state index in [0.717, 1.165) is 12.8 Å². The number of carbonyl (C=O) groups is 2. The van der Waals surface area contributed by atoms with Crippen molar-refractivity contribution in [1.29, 1.82) is 0 Å². The molecule has 0 aliphatic carbocycles. The number of hydrogen-bond acceptors (Lipinski definition) is 2. The summed E-state index contributed by atoms with van der Waals surface area (Å²) in [5, 5.41) is 0. The minimum absolute atomic E-state index is 0.00843. The van der Waals surface area contributed by atoms with E-state index in [1.54, 1.807) is 11.8 Å². The van der Waals surface area contributed by atoms with Crippen molar-refractivity contribution in [3.63, 3.8) is 0 Å². The molecule has 4 heteroatoms. The lowest BCUT2D eigenvalue weighted by Gasteiger charge is -2.28. The van der Waals surface area contributed by atoms with Crippen LogP contribution in [0.3, 0.4) is 0 Å². The number of rotatable bonds is 7. The molecule has 0 aromatic carbocycles. The lowest BCUT2D eigenvalue weighted by molar-refractivity contribution is -0.139. The summed E-state index contributed by atoms with van der Waals surface area (Å²) in [6, 6.07) is -0.441. The highest BCUT2D eigenvalue weighted by Crippen LogP contribution is 2.08. The highest BCUT2D eigenvalue weighted by atomic mass is 16.2. The first kappa shape index (κ1) is 13.9. The molecule has 1 atom stereocenters. The molecule has 15 heavy (non-hydrogen) atoms. The lowest BCUT2D eigenvalue weighted by Crippen LogP contribution is -2.47. The van der Waals surface area contributed by atoms with Crippen molar-refractivity contribution >= 4 is 11.8 Å². The first-order chi connectivity index (χ1) is 7.08. The maximum Gasteiger partial charge on any atom is 0.240 e. The quantitative estimate of drug-likeness (QED) is 0.694. The Morgan fingerprint density at radius 2 is 1.87 bits per heavy atom. The Bertz CT molecular complexity index is 217. The number of nitrogens with two attached hydrogens (primary N) is 1. The number of hydrogen-bond donors (Lipinski definition) is 1. The fourth-order valence-corrected chi connectivity index (χ4v) is 1.56. The highest BCUT2D eigenvalue weighted by molar-refractivity contribution is 5.86. The van der Waals surface area contributed by atoms with Crippen LogP contribution in [0.4, 0.5) is 0 Å². The third kappa shape index (κ3) is 4.32. The highest BCUT2D eigenvalue weighted by Gasteiger charge is 2.24. The average Bonchev–Trinajstić information content (AvgIpc) is 2.22. The van der Waals surface area contributed by atoms with Gasteiger partial charge < -0.3 is 10.6 Å². The molecule has 0 fully saturated rings. The Labute approximate surface area is 91.8 Å². The fraction of sp³-hybridized carbons (Fsp3) is 0.818. The van der Waals surface area contributed by atoms with Crippen LogP contribution in [0.2, 0.25) is 0 Å². The standard InChI is InChI=1S/C11H22N2O2/c1-4-7-8-13(10(14)6-3)9(5-2)11(12)15/h9H,4-8H2,1-3H3,(H2,12,15)/t9-/m0/s1. The Balaban J connectivity index is 4.57. The zero-order valence-electron chi connectivity index (χ0n) is 9.95. The van der Waals surface area contributed by atoms with Gasteiger partial charge in [0.2, 0.25) is 11.8 Å². The average molecular weight is 214 g/mol. The van der Waals surface area contributed by atoms with Gasteiger partial charge in [0.25, 0.3) is 0 Å². The Hall–Kier alpha value is -1.06. The summed E-state index contributed by atoms with van der Waals surface area (Å²) in [7, 11) is 0. The van der Waals surface area contributed by atoms with Gasteiger partial charge in [0, 0.05) is 13.0 Å². The summed E-state index contributed by atoms with van der Waals surface area (Å²) in [6.07, 6.45) is 2.93. The van der Waals surface area contributed by atoms with Crippen molar-refractivity contribution in [1.82, 2.24) is 4.90 Å². The maximum absolute atomic E-state index is 11.6. The largest absolute Gasteiger partial charge is 0.368 e. The molecule has 4 nitrogen and oxygen atoms in total. The van der Waals surface area contributed by atoms with Gasteiger partial charge in [-0.3, -0.25) is 9.59 Å². The summed E-state index contributed by atoms with van der Waals surface area (Å²) < 4.78 is 0. The second-order valence-electron chi connectivity index (χ2n) is 3.62. The molecular formula is C11H22N2O2.